The average Bonchev–Trinajstić information content (AvgIpc) is 2.55. The van der Waals surface area contributed by atoms with Crippen LogP contribution in [0.5, 0.6) is 0 Å². The molecule has 0 bridgehead atoms. The molecule has 2 nitrogen and oxygen atoms in total. The topological polar surface area (TPSA) is 39.2 Å². The van der Waals surface area contributed by atoms with E-state index in [1.165, 1.54) is 5.56 Å². The standard InChI is InChI=1S/C7H11NO.C2H6/c1-2-6-3-7(4-8)9-5-6;1-2/h3,5H,2,4,8H2,1H3;1-2H3. The Bertz CT molecular complexity index is 163. The maximum absolute atomic E-state index is 5.32. The first-order chi connectivity index (χ1) is 5.36. The Morgan fingerprint density at radius 3 is 2.36 bits per heavy atom. The molecule has 0 unspecified atom stereocenters. The zero-order valence-corrected chi connectivity index (χ0v) is 7.55. The molecule has 1 aromatic heterocycles. The second-order valence-corrected chi connectivity index (χ2v) is 1.98. The minimum absolute atomic E-state index is 0.500. The third-order valence-electron chi connectivity index (χ3n) is 1.32. The quantitative estimate of drug-likeness (QED) is 0.712. The molecule has 0 amide bonds. The van der Waals surface area contributed by atoms with Gasteiger partial charge in [-0.3, -0.25) is 0 Å². The molecule has 64 valence electrons. The van der Waals surface area contributed by atoms with E-state index in [9.17, 15) is 0 Å². The van der Waals surface area contributed by atoms with E-state index in [0.717, 1.165) is 12.2 Å². The van der Waals surface area contributed by atoms with Gasteiger partial charge in [-0.15, -0.1) is 0 Å². The highest BCUT2D eigenvalue weighted by Crippen LogP contribution is 2.06. The van der Waals surface area contributed by atoms with Gasteiger partial charge in [-0.05, 0) is 18.1 Å². The number of furan rings is 1. The predicted octanol–water partition coefficient (Wildman–Crippen LogP) is 2.33. The largest absolute Gasteiger partial charge is 0.468 e. The molecule has 2 N–H and O–H groups in total. The summed E-state index contributed by atoms with van der Waals surface area (Å²) in [5.41, 5.74) is 6.54. The third-order valence-corrected chi connectivity index (χ3v) is 1.32. The molecule has 0 saturated carbocycles. The van der Waals surface area contributed by atoms with Gasteiger partial charge in [0.25, 0.3) is 0 Å². The predicted molar refractivity (Wildman–Crippen MR) is 47.3 cm³/mol. The molecule has 0 atom stereocenters. The fraction of sp³-hybridized carbons (Fsp3) is 0.556. The fourth-order valence-corrected chi connectivity index (χ4v) is 0.719. The number of hydrogen-bond donors (Lipinski definition) is 1. The SMILES string of the molecule is CC.CCc1coc(CN)c1. The second-order valence-electron chi connectivity index (χ2n) is 1.98. The van der Waals surface area contributed by atoms with E-state index in [0.29, 0.717) is 6.54 Å². The Labute approximate surface area is 68.4 Å². The van der Waals surface area contributed by atoms with Gasteiger partial charge in [-0.2, -0.15) is 0 Å². The highest BCUT2D eigenvalue weighted by Gasteiger charge is 1.95. The van der Waals surface area contributed by atoms with Crippen molar-refractivity contribution in [2.24, 2.45) is 5.73 Å². The van der Waals surface area contributed by atoms with Crippen LogP contribution in [0.1, 0.15) is 32.1 Å². The van der Waals surface area contributed by atoms with E-state index < -0.39 is 0 Å². The highest BCUT2D eigenvalue weighted by atomic mass is 16.3. The smallest absolute Gasteiger partial charge is 0.117 e. The maximum atomic E-state index is 5.32. The van der Waals surface area contributed by atoms with Crippen molar-refractivity contribution < 1.29 is 4.42 Å². The van der Waals surface area contributed by atoms with Gasteiger partial charge in [0.15, 0.2) is 0 Å². The molecule has 2 heteroatoms. The summed E-state index contributed by atoms with van der Waals surface area (Å²) in [6, 6.07) is 1.99. The van der Waals surface area contributed by atoms with E-state index in [1.807, 2.05) is 19.9 Å². The third kappa shape index (κ3) is 3.23. The van der Waals surface area contributed by atoms with Gasteiger partial charge in [-0.25, -0.2) is 0 Å². The fourth-order valence-electron chi connectivity index (χ4n) is 0.719. The zero-order valence-electron chi connectivity index (χ0n) is 7.55. The summed E-state index contributed by atoms with van der Waals surface area (Å²) in [5.74, 6) is 0.867. The van der Waals surface area contributed by atoms with E-state index in [1.54, 1.807) is 6.26 Å². The molecule has 0 aliphatic rings. The second kappa shape index (κ2) is 5.98. The Hall–Kier alpha value is -0.760. The molecule has 0 radical (unpaired) electrons. The van der Waals surface area contributed by atoms with Crippen LogP contribution in [-0.4, -0.2) is 0 Å². The van der Waals surface area contributed by atoms with Crippen LogP contribution in [0.25, 0.3) is 0 Å². The molecular formula is C9H17NO. The average molecular weight is 155 g/mol. The van der Waals surface area contributed by atoms with Crippen molar-refractivity contribution in [3.8, 4) is 0 Å². The van der Waals surface area contributed by atoms with Crippen LogP contribution in [0.3, 0.4) is 0 Å². The van der Waals surface area contributed by atoms with E-state index >= 15 is 0 Å². The molecule has 0 aliphatic heterocycles. The van der Waals surface area contributed by atoms with Gasteiger partial charge < -0.3 is 10.2 Å². The van der Waals surface area contributed by atoms with Gasteiger partial charge in [-0.1, -0.05) is 20.8 Å². The molecular weight excluding hydrogens is 138 g/mol. The molecule has 0 fully saturated rings. The number of hydrogen-bond acceptors (Lipinski definition) is 2. The summed E-state index contributed by atoms with van der Waals surface area (Å²) >= 11 is 0. The van der Waals surface area contributed by atoms with Crippen molar-refractivity contribution in [2.75, 3.05) is 0 Å². The normalized spacial score (nSPS) is 8.73. The summed E-state index contributed by atoms with van der Waals surface area (Å²) in [4.78, 5) is 0. The summed E-state index contributed by atoms with van der Waals surface area (Å²) in [6.07, 6.45) is 2.77. The van der Waals surface area contributed by atoms with Crippen LogP contribution >= 0.6 is 0 Å². The van der Waals surface area contributed by atoms with E-state index in [4.69, 9.17) is 10.2 Å². The number of aryl methyl sites for hydroxylation is 1. The van der Waals surface area contributed by atoms with Crippen molar-refractivity contribution in [1.29, 1.82) is 0 Å². The molecule has 1 rings (SSSR count). The molecule has 0 spiro atoms. The number of rotatable bonds is 2. The minimum atomic E-state index is 0.500. The lowest BCUT2D eigenvalue weighted by Gasteiger charge is -1.81. The molecule has 1 heterocycles. The van der Waals surface area contributed by atoms with Crippen molar-refractivity contribution in [2.45, 2.75) is 33.7 Å². The lowest BCUT2D eigenvalue weighted by atomic mass is 10.2. The van der Waals surface area contributed by atoms with Crippen LogP contribution in [0, 0.1) is 0 Å². The van der Waals surface area contributed by atoms with Crippen molar-refractivity contribution in [3.63, 3.8) is 0 Å². The van der Waals surface area contributed by atoms with Crippen LogP contribution in [0.2, 0.25) is 0 Å². The molecule has 1 aromatic rings. The molecule has 0 aromatic carbocycles. The first-order valence-electron chi connectivity index (χ1n) is 4.13. The minimum Gasteiger partial charge on any atom is -0.468 e. The lowest BCUT2D eigenvalue weighted by Crippen LogP contribution is -1.92. The van der Waals surface area contributed by atoms with Crippen molar-refractivity contribution in [3.05, 3.63) is 23.7 Å². The first kappa shape index (κ1) is 10.2. The summed E-state index contributed by atoms with van der Waals surface area (Å²) in [7, 11) is 0. The Morgan fingerprint density at radius 2 is 2.09 bits per heavy atom. The monoisotopic (exact) mass is 155 g/mol. The molecule has 0 aliphatic carbocycles. The van der Waals surface area contributed by atoms with Crippen molar-refractivity contribution in [1.82, 2.24) is 0 Å². The lowest BCUT2D eigenvalue weighted by molar-refractivity contribution is 0.510. The number of nitrogens with two attached hydrogens (primary N) is 1. The summed E-state index contributed by atoms with van der Waals surface area (Å²) in [5, 5.41) is 0. The maximum Gasteiger partial charge on any atom is 0.117 e. The van der Waals surface area contributed by atoms with E-state index in [-0.39, 0.29) is 0 Å². The van der Waals surface area contributed by atoms with Gasteiger partial charge >= 0.3 is 0 Å². The Balaban J connectivity index is 0.000000461. The summed E-state index contributed by atoms with van der Waals surface area (Å²) < 4.78 is 5.08. The summed E-state index contributed by atoms with van der Waals surface area (Å²) in [6.45, 7) is 6.59. The van der Waals surface area contributed by atoms with Crippen molar-refractivity contribution >= 4 is 0 Å². The molecule has 0 saturated heterocycles. The zero-order chi connectivity index (χ0) is 8.69. The van der Waals surface area contributed by atoms with Gasteiger partial charge in [0.1, 0.15) is 5.76 Å². The Kier molecular flexibility index (Phi) is 5.57. The van der Waals surface area contributed by atoms with Gasteiger partial charge in [0.05, 0.1) is 12.8 Å². The van der Waals surface area contributed by atoms with Gasteiger partial charge in [0.2, 0.25) is 0 Å². The van der Waals surface area contributed by atoms with E-state index in [2.05, 4.69) is 6.92 Å². The van der Waals surface area contributed by atoms with Gasteiger partial charge in [0, 0.05) is 0 Å². The molecule has 11 heavy (non-hydrogen) atoms. The Morgan fingerprint density at radius 1 is 1.45 bits per heavy atom. The van der Waals surface area contributed by atoms with Crippen LogP contribution in [0.15, 0.2) is 16.7 Å². The van der Waals surface area contributed by atoms with Crippen LogP contribution in [-0.2, 0) is 13.0 Å². The first-order valence-corrected chi connectivity index (χ1v) is 4.13. The highest BCUT2D eigenvalue weighted by molar-refractivity contribution is 5.11. The van der Waals surface area contributed by atoms with Crippen LogP contribution in [0.4, 0.5) is 0 Å². The van der Waals surface area contributed by atoms with Crippen LogP contribution < -0.4 is 5.73 Å².